The summed E-state index contributed by atoms with van der Waals surface area (Å²) in [6.45, 7) is 3.53. The highest BCUT2D eigenvalue weighted by Crippen LogP contribution is 2.22. The second-order valence-corrected chi connectivity index (χ2v) is 10.0. The summed E-state index contributed by atoms with van der Waals surface area (Å²) in [6.07, 6.45) is 3.98. The Labute approximate surface area is 201 Å². The fourth-order valence-electron chi connectivity index (χ4n) is 4.01. The number of carbonyl (C=O) groups is 3. The van der Waals surface area contributed by atoms with E-state index in [1.165, 1.54) is 29.2 Å². The van der Waals surface area contributed by atoms with Crippen LogP contribution in [0.4, 0.5) is 15.8 Å². The van der Waals surface area contributed by atoms with Crippen molar-refractivity contribution in [1.29, 1.82) is 0 Å². The van der Waals surface area contributed by atoms with Crippen LogP contribution in [-0.4, -0.2) is 45.5 Å². The number of halogens is 1. The molecule has 0 aliphatic heterocycles. The number of nitrogens with one attached hydrogen (secondary N) is 2. The Morgan fingerprint density at radius 1 is 1.09 bits per heavy atom. The first kappa shape index (κ1) is 25.6. The van der Waals surface area contributed by atoms with Crippen LogP contribution in [0.3, 0.4) is 0 Å². The number of amides is 3. The molecule has 0 aromatic heterocycles. The highest BCUT2D eigenvalue weighted by Gasteiger charge is 2.30. The molecule has 1 aliphatic carbocycles. The van der Waals surface area contributed by atoms with Gasteiger partial charge in [0.2, 0.25) is 17.7 Å². The van der Waals surface area contributed by atoms with E-state index in [0.717, 1.165) is 31.2 Å². The number of rotatable bonds is 9. The summed E-state index contributed by atoms with van der Waals surface area (Å²) in [7, 11) is -1.80. The van der Waals surface area contributed by atoms with Crippen LogP contribution in [0.25, 0.3) is 0 Å². The maximum absolute atomic E-state index is 13.2. The first-order chi connectivity index (χ1) is 16.2. The van der Waals surface area contributed by atoms with Crippen LogP contribution in [0.1, 0.15) is 38.2 Å². The van der Waals surface area contributed by atoms with Gasteiger partial charge in [-0.25, -0.2) is 4.39 Å². The smallest absolute Gasteiger partial charge is 0.243 e. The molecule has 1 saturated carbocycles. The molecule has 182 valence electrons. The van der Waals surface area contributed by atoms with Gasteiger partial charge >= 0.3 is 0 Å². The minimum absolute atomic E-state index is 0.105. The molecule has 0 radical (unpaired) electrons. The van der Waals surface area contributed by atoms with E-state index in [2.05, 4.69) is 10.6 Å². The molecule has 2 aromatic rings. The van der Waals surface area contributed by atoms with Gasteiger partial charge in [-0.3, -0.25) is 23.5 Å². The van der Waals surface area contributed by atoms with Gasteiger partial charge in [-0.15, -0.1) is 0 Å². The van der Waals surface area contributed by atoms with Crippen LogP contribution >= 0.6 is 0 Å². The Hall–Kier alpha value is -3.07. The molecule has 0 unspecified atom stereocenters. The van der Waals surface area contributed by atoms with Crippen molar-refractivity contribution < 1.29 is 23.0 Å². The predicted octanol–water partition coefficient (Wildman–Crippen LogP) is 3.30. The van der Waals surface area contributed by atoms with Crippen LogP contribution in [-0.2, 0) is 25.2 Å². The first-order valence-electron chi connectivity index (χ1n) is 11.3. The summed E-state index contributed by atoms with van der Waals surface area (Å²) >= 11 is 0. The lowest BCUT2D eigenvalue weighted by molar-refractivity contribution is -0.125. The molecule has 2 atom stereocenters. The SMILES string of the molecule is Cc1cccc(N(C(=O)C[S@](=O)CC(=O)Nc2ccc(F)cc2)[C@H](C)C(=O)NC2CCCC2)c1. The van der Waals surface area contributed by atoms with Crippen molar-refractivity contribution in [2.24, 2.45) is 0 Å². The number of carbonyl (C=O) groups excluding carboxylic acids is 3. The predicted molar refractivity (Wildman–Crippen MR) is 131 cm³/mol. The van der Waals surface area contributed by atoms with Crippen LogP contribution in [0.15, 0.2) is 48.5 Å². The molecular formula is C25H30FN3O4S. The minimum Gasteiger partial charge on any atom is -0.352 e. The highest BCUT2D eigenvalue weighted by molar-refractivity contribution is 7.86. The number of hydrogen-bond acceptors (Lipinski definition) is 4. The number of benzene rings is 2. The van der Waals surface area contributed by atoms with Crippen molar-refractivity contribution in [2.75, 3.05) is 21.7 Å². The van der Waals surface area contributed by atoms with Gasteiger partial charge in [-0.1, -0.05) is 25.0 Å². The van der Waals surface area contributed by atoms with Gasteiger partial charge in [0.05, 0.1) is 0 Å². The molecule has 34 heavy (non-hydrogen) atoms. The van der Waals surface area contributed by atoms with Gasteiger partial charge in [-0.2, -0.15) is 0 Å². The van der Waals surface area contributed by atoms with E-state index < -0.39 is 46.0 Å². The normalized spacial score (nSPS) is 15.4. The van der Waals surface area contributed by atoms with Crippen molar-refractivity contribution in [3.63, 3.8) is 0 Å². The molecule has 1 fully saturated rings. The average molecular weight is 488 g/mol. The molecule has 7 nitrogen and oxygen atoms in total. The molecule has 2 aromatic carbocycles. The number of hydrogen-bond donors (Lipinski definition) is 2. The summed E-state index contributed by atoms with van der Waals surface area (Å²) in [5.74, 6) is -2.56. The molecule has 1 aliphatic rings. The lowest BCUT2D eigenvalue weighted by Crippen LogP contribution is -2.51. The van der Waals surface area contributed by atoms with E-state index in [1.807, 2.05) is 13.0 Å². The Morgan fingerprint density at radius 2 is 1.76 bits per heavy atom. The van der Waals surface area contributed by atoms with Crippen molar-refractivity contribution in [3.8, 4) is 0 Å². The Bertz CT molecular complexity index is 1050. The van der Waals surface area contributed by atoms with Crippen molar-refractivity contribution >= 4 is 39.9 Å². The first-order valence-corrected chi connectivity index (χ1v) is 12.8. The fourth-order valence-corrected chi connectivity index (χ4v) is 4.89. The fraction of sp³-hybridized carbons (Fsp3) is 0.400. The lowest BCUT2D eigenvalue weighted by atomic mass is 10.1. The Kier molecular flexibility index (Phi) is 8.92. The molecule has 2 N–H and O–H groups in total. The third-order valence-electron chi connectivity index (χ3n) is 5.72. The second-order valence-electron chi connectivity index (χ2n) is 8.55. The zero-order valence-electron chi connectivity index (χ0n) is 19.4. The quantitative estimate of drug-likeness (QED) is 0.567. The van der Waals surface area contributed by atoms with Gasteiger partial charge in [0, 0.05) is 28.2 Å². The maximum Gasteiger partial charge on any atom is 0.243 e. The maximum atomic E-state index is 13.2. The van der Waals surface area contributed by atoms with Crippen LogP contribution in [0, 0.1) is 12.7 Å². The van der Waals surface area contributed by atoms with Gasteiger partial charge < -0.3 is 10.6 Å². The zero-order chi connectivity index (χ0) is 24.7. The highest BCUT2D eigenvalue weighted by atomic mass is 32.2. The largest absolute Gasteiger partial charge is 0.352 e. The second kappa shape index (κ2) is 11.9. The Balaban J connectivity index is 1.67. The summed E-state index contributed by atoms with van der Waals surface area (Å²) in [6, 6.07) is 11.7. The van der Waals surface area contributed by atoms with E-state index in [-0.39, 0.29) is 11.9 Å². The standard InChI is InChI=1S/C25H30FN3O4S/c1-17-6-5-9-22(14-17)29(18(2)25(32)28-20-7-3-4-8-20)24(31)16-34(33)15-23(30)27-21-12-10-19(26)11-13-21/h5-6,9-14,18,20H,3-4,7-8,15-16H2,1-2H3,(H,27,30)(H,28,32)/t18-,34-/m1/s1. The summed E-state index contributed by atoms with van der Waals surface area (Å²) in [4.78, 5) is 39.7. The van der Waals surface area contributed by atoms with Crippen molar-refractivity contribution in [1.82, 2.24) is 5.32 Å². The van der Waals surface area contributed by atoms with Gasteiger partial charge in [0.25, 0.3) is 0 Å². The van der Waals surface area contributed by atoms with E-state index >= 15 is 0 Å². The molecule has 0 spiro atoms. The molecule has 9 heteroatoms. The topological polar surface area (TPSA) is 95.6 Å². The third-order valence-corrected chi connectivity index (χ3v) is 6.87. The summed E-state index contributed by atoms with van der Waals surface area (Å²) in [5, 5.41) is 5.55. The number of aryl methyl sites for hydroxylation is 1. The minimum atomic E-state index is -1.80. The average Bonchev–Trinajstić information content (AvgIpc) is 3.28. The van der Waals surface area contributed by atoms with E-state index in [0.29, 0.717) is 11.4 Å². The van der Waals surface area contributed by atoms with E-state index in [1.54, 1.807) is 25.1 Å². The summed E-state index contributed by atoms with van der Waals surface area (Å²) < 4.78 is 25.6. The van der Waals surface area contributed by atoms with E-state index in [4.69, 9.17) is 0 Å². The monoisotopic (exact) mass is 487 g/mol. The number of nitrogens with zero attached hydrogens (tertiary/aromatic N) is 1. The van der Waals surface area contributed by atoms with Crippen LogP contribution in [0.5, 0.6) is 0 Å². The van der Waals surface area contributed by atoms with Gasteiger partial charge in [-0.05, 0) is 68.7 Å². The van der Waals surface area contributed by atoms with Gasteiger partial charge in [0.15, 0.2) is 0 Å². The Morgan fingerprint density at radius 3 is 2.41 bits per heavy atom. The van der Waals surface area contributed by atoms with E-state index in [9.17, 15) is 23.0 Å². The number of anilines is 2. The third kappa shape index (κ3) is 7.21. The van der Waals surface area contributed by atoms with Gasteiger partial charge in [0.1, 0.15) is 23.4 Å². The molecule has 3 rings (SSSR count). The van der Waals surface area contributed by atoms with Crippen molar-refractivity contribution in [3.05, 3.63) is 59.9 Å². The summed E-state index contributed by atoms with van der Waals surface area (Å²) in [5.41, 5.74) is 1.82. The molecule has 0 heterocycles. The lowest BCUT2D eigenvalue weighted by Gasteiger charge is -2.29. The molecule has 0 saturated heterocycles. The van der Waals surface area contributed by atoms with Crippen molar-refractivity contribution in [2.45, 2.75) is 51.6 Å². The molecule has 0 bridgehead atoms. The molecule has 3 amide bonds. The zero-order valence-corrected chi connectivity index (χ0v) is 20.2. The molecular weight excluding hydrogens is 457 g/mol. The van der Waals surface area contributed by atoms with Crippen LogP contribution in [0.2, 0.25) is 0 Å². The van der Waals surface area contributed by atoms with Crippen LogP contribution < -0.4 is 15.5 Å².